The molecule has 0 aromatic carbocycles. The molecule has 0 aliphatic heterocycles. The molecule has 0 N–H and O–H groups in total. The van der Waals surface area contributed by atoms with Crippen LogP contribution in [0.5, 0.6) is 0 Å². The Balaban J connectivity index is 1.66. The molecule has 2 aliphatic rings. The predicted octanol–water partition coefficient (Wildman–Crippen LogP) is 2.16. The number of rotatable bonds is 5. The van der Waals surface area contributed by atoms with Gasteiger partial charge in [-0.05, 0) is 42.7 Å². The van der Waals surface area contributed by atoms with Crippen LogP contribution in [0.15, 0.2) is 0 Å². The molecule has 2 aliphatic carbocycles. The molecule has 3 rings (SSSR count). The average molecular weight is 249 g/mol. The van der Waals surface area contributed by atoms with E-state index in [1.54, 1.807) is 0 Å². The molecule has 18 heavy (non-hydrogen) atoms. The Kier molecular flexibility index (Phi) is 3.59. The molecule has 1 aromatic heterocycles. The van der Waals surface area contributed by atoms with Crippen molar-refractivity contribution in [2.24, 2.45) is 0 Å². The average Bonchev–Trinajstić information content (AvgIpc) is 3.17. The first-order chi connectivity index (χ1) is 8.88. The molecule has 0 spiro atoms. The van der Waals surface area contributed by atoms with Crippen LogP contribution in [0.1, 0.15) is 63.7 Å². The van der Waals surface area contributed by atoms with Crippen molar-refractivity contribution in [2.75, 3.05) is 6.54 Å². The highest BCUT2D eigenvalue weighted by molar-refractivity contribution is 4.91. The Hall–Kier alpha value is -0.970. The monoisotopic (exact) mass is 249 g/mol. The van der Waals surface area contributed by atoms with Gasteiger partial charge < -0.3 is 0 Å². The molecule has 5 heteroatoms. The van der Waals surface area contributed by atoms with Crippen LogP contribution in [-0.4, -0.2) is 37.7 Å². The molecule has 0 unspecified atom stereocenters. The van der Waals surface area contributed by atoms with Gasteiger partial charge in [-0.25, -0.2) is 4.68 Å². The smallest absolute Gasteiger partial charge is 0.165 e. The van der Waals surface area contributed by atoms with Crippen molar-refractivity contribution in [1.29, 1.82) is 0 Å². The second-order valence-electron chi connectivity index (χ2n) is 5.63. The summed E-state index contributed by atoms with van der Waals surface area (Å²) < 4.78 is 2.05. The van der Waals surface area contributed by atoms with Crippen molar-refractivity contribution in [3.05, 3.63) is 5.82 Å². The molecule has 5 nitrogen and oxygen atoms in total. The van der Waals surface area contributed by atoms with Gasteiger partial charge in [0.15, 0.2) is 5.82 Å². The van der Waals surface area contributed by atoms with Crippen molar-refractivity contribution in [3.8, 4) is 0 Å². The summed E-state index contributed by atoms with van der Waals surface area (Å²) in [5, 5.41) is 12.2. The molecule has 2 fully saturated rings. The zero-order chi connectivity index (χ0) is 12.4. The van der Waals surface area contributed by atoms with Crippen LogP contribution in [0, 0.1) is 0 Å². The Morgan fingerprint density at radius 2 is 1.94 bits per heavy atom. The Bertz CT molecular complexity index is 378. The van der Waals surface area contributed by atoms with Gasteiger partial charge >= 0.3 is 0 Å². The second-order valence-corrected chi connectivity index (χ2v) is 5.63. The van der Waals surface area contributed by atoms with E-state index in [4.69, 9.17) is 0 Å². The van der Waals surface area contributed by atoms with Crippen molar-refractivity contribution in [1.82, 2.24) is 25.1 Å². The van der Waals surface area contributed by atoms with E-state index in [0.717, 1.165) is 25.0 Å². The van der Waals surface area contributed by atoms with Crippen LogP contribution in [0.25, 0.3) is 0 Å². The molecule has 2 saturated carbocycles. The first kappa shape index (κ1) is 12.1. The molecule has 0 bridgehead atoms. The van der Waals surface area contributed by atoms with Gasteiger partial charge in [-0.15, -0.1) is 5.10 Å². The second kappa shape index (κ2) is 5.34. The third kappa shape index (κ3) is 2.55. The highest BCUT2D eigenvalue weighted by atomic mass is 15.6. The van der Waals surface area contributed by atoms with Crippen molar-refractivity contribution < 1.29 is 0 Å². The fraction of sp³-hybridized carbons (Fsp3) is 0.923. The fourth-order valence-electron chi connectivity index (χ4n) is 3.05. The topological polar surface area (TPSA) is 46.8 Å². The lowest BCUT2D eigenvalue weighted by molar-refractivity contribution is 0.150. The molecule has 0 radical (unpaired) electrons. The van der Waals surface area contributed by atoms with Gasteiger partial charge in [0.1, 0.15) is 0 Å². The first-order valence-electron chi connectivity index (χ1n) is 7.39. The van der Waals surface area contributed by atoms with E-state index in [2.05, 4.69) is 27.3 Å². The number of hydrogen-bond donors (Lipinski definition) is 0. The minimum Gasteiger partial charge on any atom is -0.293 e. The van der Waals surface area contributed by atoms with Crippen LogP contribution >= 0.6 is 0 Å². The number of nitrogens with zero attached hydrogens (tertiary/aromatic N) is 5. The third-order valence-corrected chi connectivity index (χ3v) is 4.30. The van der Waals surface area contributed by atoms with E-state index in [9.17, 15) is 0 Å². The van der Waals surface area contributed by atoms with Crippen LogP contribution < -0.4 is 0 Å². The molecule has 0 amide bonds. The van der Waals surface area contributed by atoms with Crippen LogP contribution in [0.4, 0.5) is 0 Å². The molecule has 1 aromatic rings. The van der Waals surface area contributed by atoms with Crippen LogP contribution in [0.3, 0.4) is 0 Å². The minimum absolute atomic E-state index is 0.583. The molecule has 0 saturated heterocycles. The summed E-state index contributed by atoms with van der Waals surface area (Å²) in [5.41, 5.74) is 0. The van der Waals surface area contributed by atoms with Crippen molar-refractivity contribution in [3.63, 3.8) is 0 Å². The van der Waals surface area contributed by atoms with E-state index in [1.165, 1.54) is 44.9 Å². The van der Waals surface area contributed by atoms with E-state index in [-0.39, 0.29) is 0 Å². The molecule has 0 atom stereocenters. The molecule has 100 valence electrons. The highest BCUT2D eigenvalue weighted by Gasteiger charge is 2.29. The summed E-state index contributed by atoms with van der Waals surface area (Å²) in [4.78, 5) is 2.56. The largest absolute Gasteiger partial charge is 0.293 e. The lowest BCUT2D eigenvalue weighted by Crippen LogP contribution is -2.37. The Morgan fingerprint density at radius 1 is 1.17 bits per heavy atom. The SMILES string of the molecule is CCN(Cc1nnnn1C1CC1)C1CCCCC1. The van der Waals surface area contributed by atoms with Gasteiger partial charge in [-0.1, -0.05) is 26.2 Å². The number of aromatic nitrogens is 4. The number of hydrogen-bond acceptors (Lipinski definition) is 4. The summed E-state index contributed by atoms with van der Waals surface area (Å²) in [6.07, 6.45) is 9.36. The summed E-state index contributed by atoms with van der Waals surface area (Å²) in [6.45, 7) is 4.27. The lowest BCUT2D eigenvalue weighted by Gasteiger charge is -2.33. The summed E-state index contributed by atoms with van der Waals surface area (Å²) in [6, 6.07) is 1.33. The summed E-state index contributed by atoms with van der Waals surface area (Å²) >= 11 is 0. The minimum atomic E-state index is 0.583. The molecular formula is C13H23N5. The van der Waals surface area contributed by atoms with Gasteiger partial charge in [0.25, 0.3) is 0 Å². The maximum atomic E-state index is 4.22. The van der Waals surface area contributed by atoms with Crippen molar-refractivity contribution in [2.45, 2.75) is 70.5 Å². The maximum Gasteiger partial charge on any atom is 0.165 e. The molecule has 1 heterocycles. The van der Waals surface area contributed by atoms with Crippen LogP contribution in [0.2, 0.25) is 0 Å². The van der Waals surface area contributed by atoms with Gasteiger partial charge in [0.05, 0.1) is 12.6 Å². The number of tetrazole rings is 1. The van der Waals surface area contributed by atoms with Crippen LogP contribution in [-0.2, 0) is 6.54 Å². The van der Waals surface area contributed by atoms with Crippen molar-refractivity contribution >= 4 is 0 Å². The fourth-order valence-corrected chi connectivity index (χ4v) is 3.05. The predicted molar refractivity (Wildman–Crippen MR) is 69.0 cm³/mol. The lowest BCUT2D eigenvalue weighted by atomic mass is 9.94. The maximum absolute atomic E-state index is 4.22. The van der Waals surface area contributed by atoms with E-state index < -0.39 is 0 Å². The Labute approximate surface area is 109 Å². The standard InChI is InChI=1S/C13H23N5/c1-2-17(11-6-4-3-5-7-11)10-13-14-15-16-18(13)12-8-9-12/h11-12H,2-10H2,1H3. The van der Waals surface area contributed by atoms with Gasteiger partial charge in [0.2, 0.25) is 0 Å². The van der Waals surface area contributed by atoms with Gasteiger partial charge in [0, 0.05) is 6.04 Å². The zero-order valence-corrected chi connectivity index (χ0v) is 11.3. The van der Waals surface area contributed by atoms with E-state index in [1.807, 2.05) is 4.68 Å². The highest BCUT2D eigenvalue weighted by Crippen LogP contribution is 2.34. The van der Waals surface area contributed by atoms with Gasteiger partial charge in [-0.3, -0.25) is 4.90 Å². The normalized spacial score (nSPS) is 21.7. The van der Waals surface area contributed by atoms with E-state index >= 15 is 0 Å². The summed E-state index contributed by atoms with van der Waals surface area (Å²) in [5.74, 6) is 1.06. The Morgan fingerprint density at radius 3 is 2.61 bits per heavy atom. The zero-order valence-electron chi connectivity index (χ0n) is 11.3. The van der Waals surface area contributed by atoms with Gasteiger partial charge in [-0.2, -0.15) is 0 Å². The quantitative estimate of drug-likeness (QED) is 0.802. The first-order valence-corrected chi connectivity index (χ1v) is 7.39. The van der Waals surface area contributed by atoms with E-state index in [0.29, 0.717) is 6.04 Å². The summed E-state index contributed by atoms with van der Waals surface area (Å²) in [7, 11) is 0. The molecular weight excluding hydrogens is 226 g/mol. The third-order valence-electron chi connectivity index (χ3n) is 4.30.